The molecule has 6 heteroatoms. The van der Waals surface area contributed by atoms with Crippen LogP contribution in [0.3, 0.4) is 0 Å². The van der Waals surface area contributed by atoms with Crippen molar-refractivity contribution in [3.05, 3.63) is 53.2 Å². The first kappa shape index (κ1) is 20.0. The summed E-state index contributed by atoms with van der Waals surface area (Å²) in [6.07, 6.45) is 7.18. The first-order chi connectivity index (χ1) is 14.0. The van der Waals surface area contributed by atoms with E-state index in [1.165, 1.54) is 5.56 Å². The Morgan fingerprint density at radius 1 is 1.21 bits per heavy atom. The molecule has 2 fully saturated rings. The molecular weight excluding hydrogens is 388 g/mol. The summed E-state index contributed by atoms with van der Waals surface area (Å²) in [5.74, 6) is 0.507. The van der Waals surface area contributed by atoms with Gasteiger partial charge in [-0.25, -0.2) is 9.78 Å². The smallest absolute Gasteiger partial charge is 0.329 e. The van der Waals surface area contributed by atoms with Gasteiger partial charge in [-0.3, -0.25) is 0 Å². The molecule has 1 aliphatic carbocycles. The molecule has 0 bridgehead atoms. The highest BCUT2D eigenvalue weighted by Crippen LogP contribution is 2.48. The zero-order valence-electron chi connectivity index (χ0n) is 16.7. The maximum absolute atomic E-state index is 12.6. The number of carboxylic acids is 1. The van der Waals surface area contributed by atoms with Gasteiger partial charge < -0.3 is 14.7 Å². The summed E-state index contributed by atoms with van der Waals surface area (Å²) in [6, 6.07) is 11.6. The topological polar surface area (TPSA) is 62.7 Å². The number of aliphatic carboxylic acids is 1. The van der Waals surface area contributed by atoms with E-state index < -0.39 is 11.5 Å². The van der Waals surface area contributed by atoms with Gasteiger partial charge in [0.15, 0.2) is 0 Å². The molecule has 1 saturated heterocycles. The Hall–Kier alpha value is -2.27. The van der Waals surface area contributed by atoms with E-state index in [0.717, 1.165) is 44.3 Å². The van der Waals surface area contributed by atoms with Gasteiger partial charge >= 0.3 is 5.97 Å². The first-order valence-electron chi connectivity index (χ1n) is 10.3. The number of halogens is 1. The lowest BCUT2D eigenvalue weighted by Gasteiger charge is -2.45. The predicted octanol–water partition coefficient (Wildman–Crippen LogP) is 5.14. The molecule has 0 amide bonds. The monoisotopic (exact) mass is 414 g/mol. The molecule has 1 saturated carbocycles. The van der Waals surface area contributed by atoms with E-state index in [1.807, 2.05) is 30.3 Å². The Morgan fingerprint density at radius 3 is 2.59 bits per heavy atom. The van der Waals surface area contributed by atoms with E-state index in [9.17, 15) is 9.90 Å². The van der Waals surface area contributed by atoms with E-state index in [4.69, 9.17) is 16.3 Å². The molecule has 2 aromatic rings. The number of carbonyl (C=O) groups is 1. The zero-order chi connectivity index (χ0) is 20.4. The number of carboxylic acid groups (broad SMARTS) is 1. The molecule has 154 valence electrons. The first-order valence-corrected chi connectivity index (χ1v) is 10.7. The summed E-state index contributed by atoms with van der Waals surface area (Å²) in [7, 11) is 1.63. The van der Waals surface area contributed by atoms with Crippen LogP contribution in [0.2, 0.25) is 5.02 Å². The van der Waals surface area contributed by atoms with Crippen LogP contribution in [0.25, 0.3) is 0 Å². The number of anilines is 1. The Kier molecular flexibility index (Phi) is 5.68. The Morgan fingerprint density at radius 2 is 1.93 bits per heavy atom. The fourth-order valence-electron chi connectivity index (χ4n) is 5.34. The van der Waals surface area contributed by atoms with Gasteiger partial charge in [-0.05, 0) is 86.3 Å². The summed E-state index contributed by atoms with van der Waals surface area (Å²) >= 11 is 6.05. The Balaban J connectivity index is 1.55. The van der Waals surface area contributed by atoms with Crippen LogP contribution in [-0.2, 0) is 4.79 Å². The van der Waals surface area contributed by atoms with Crippen molar-refractivity contribution in [1.82, 2.24) is 4.98 Å². The van der Waals surface area contributed by atoms with Crippen molar-refractivity contribution in [3.63, 3.8) is 0 Å². The molecule has 0 unspecified atom stereocenters. The number of pyridine rings is 1. The number of rotatable bonds is 5. The molecule has 1 N–H and O–H groups in total. The second-order valence-corrected chi connectivity index (χ2v) is 8.58. The van der Waals surface area contributed by atoms with Gasteiger partial charge in [-0.1, -0.05) is 11.6 Å². The van der Waals surface area contributed by atoms with Crippen LogP contribution in [0.5, 0.6) is 5.88 Å². The fraction of sp³-hybridized carbons (Fsp3) is 0.478. The van der Waals surface area contributed by atoms with Crippen LogP contribution in [0.1, 0.15) is 50.0 Å². The summed E-state index contributed by atoms with van der Waals surface area (Å²) in [5.41, 5.74) is 1.37. The number of hydrogen-bond donors (Lipinski definition) is 1. The van der Waals surface area contributed by atoms with Crippen LogP contribution in [0, 0.1) is 5.92 Å². The number of nitrogens with zero attached hydrogens (tertiary/aromatic N) is 2. The molecule has 2 heterocycles. The van der Waals surface area contributed by atoms with Gasteiger partial charge in [0.05, 0.1) is 7.11 Å². The molecule has 29 heavy (non-hydrogen) atoms. The zero-order valence-corrected chi connectivity index (χ0v) is 17.4. The lowest BCUT2D eigenvalue weighted by Crippen LogP contribution is -2.57. The molecule has 2 aliphatic rings. The van der Waals surface area contributed by atoms with Crippen LogP contribution in [0.4, 0.5) is 5.69 Å². The molecule has 0 radical (unpaired) electrons. The summed E-state index contributed by atoms with van der Waals surface area (Å²) in [5, 5.41) is 11.0. The van der Waals surface area contributed by atoms with Crippen LogP contribution in [-0.4, -0.2) is 35.3 Å². The third-order valence-electron chi connectivity index (χ3n) is 6.77. The second kappa shape index (κ2) is 8.23. The highest BCUT2D eigenvalue weighted by Gasteiger charge is 2.53. The predicted molar refractivity (Wildman–Crippen MR) is 114 cm³/mol. The quantitative estimate of drug-likeness (QED) is 0.733. The van der Waals surface area contributed by atoms with Gasteiger partial charge in [-0.2, -0.15) is 0 Å². The number of methoxy groups -OCH3 is 1. The maximum Gasteiger partial charge on any atom is 0.329 e. The molecule has 4 rings (SSSR count). The maximum atomic E-state index is 12.6. The number of hydrogen-bond acceptors (Lipinski definition) is 4. The van der Waals surface area contributed by atoms with Crippen molar-refractivity contribution in [2.75, 3.05) is 18.6 Å². The van der Waals surface area contributed by atoms with Gasteiger partial charge in [-0.15, -0.1) is 0 Å². The molecule has 1 aromatic carbocycles. The third-order valence-corrected chi connectivity index (χ3v) is 7.02. The number of aromatic nitrogens is 1. The van der Waals surface area contributed by atoms with Gasteiger partial charge in [0.1, 0.15) is 5.54 Å². The Bertz CT molecular complexity index is 865. The second-order valence-electron chi connectivity index (χ2n) is 8.14. The molecular formula is C23H27ClN2O3. The lowest BCUT2D eigenvalue weighted by molar-refractivity contribution is -0.146. The third kappa shape index (κ3) is 3.68. The van der Waals surface area contributed by atoms with Crippen molar-refractivity contribution < 1.29 is 14.6 Å². The highest BCUT2D eigenvalue weighted by atomic mass is 35.5. The van der Waals surface area contributed by atoms with E-state index in [2.05, 4.69) is 16.0 Å². The number of ether oxygens (including phenoxy) is 1. The molecule has 5 nitrogen and oxygen atoms in total. The summed E-state index contributed by atoms with van der Waals surface area (Å²) in [6.45, 7) is 0.773. The standard InChI is InChI=1S/C23H27ClN2O3/c1-29-21-15-17(11-13-25-21)16-3-5-18(6-4-16)23(22(27)28)12-2-14-26(23)20-9-7-19(24)8-10-20/h7-11,13,15-16,18H,2-6,12,14H2,1H3,(H,27,28)/t16?,18?,23-/m1/s1. The average Bonchev–Trinajstić information content (AvgIpc) is 3.21. The number of benzene rings is 1. The van der Waals surface area contributed by atoms with Crippen LogP contribution >= 0.6 is 11.6 Å². The molecule has 1 aromatic heterocycles. The SMILES string of the molecule is COc1cc(C2CCC([C@@]3(C(=O)O)CCCN3c3ccc(Cl)cc3)CC2)ccn1. The van der Waals surface area contributed by atoms with E-state index in [1.54, 1.807) is 13.3 Å². The van der Waals surface area contributed by atoms with E-state index in [0.29, 0.717) is 23.2 Å². The van der Waals surface area contributed by atoms with E-state index >= 15 is 0 Å². The van der Waals surface area contributed by atoms with Gasteiger partial charge in [0.25, 0.3) is 0 Å². The van der Waals surface area contributed by atoms with Crippen LogP contribution < -0.4 is 9.64 Å². The minimum atomic E-state index is -0.825. The van der Waals surface area contributed by atoms with Gasteiger partial charge in [0.2, 0.25) is 5.88 Å². The minimum Gasteiger partial charge on any atom is -0.481 e. The minimum absolute atomic E-state index is 0.137. The average molecular weight is 415 g/mol. The van der Waals surface area contributed by atoms with Crippen molar-refractivity contribution >= 4 is 23.3 Å². The van der Waals surface area contributed by atoms with Crippen molar-refractivity contribution in [2.24, 2.45) is 5.92 Å². The summed E-state index contributed by atoms with van der Waals surface area (Å²) in [4.78, 5) is 18.9. The molecule has 1 atom stereocenters. The Labute approximate surface area is 176 Å². The van der Waals surface area contributed by atoms with Crippen LogP contribution in [0.15, 0.2) is 42.6 Å². The normalized spacial score (nSPS) is 27.0. The largest absolute Gasteiger partial charge is 0.481 e. The summed E-state index contributed by atoms with van der Waals surface area (Å²) < 4.78 is 5.26. The van der Waals surface area contributed by atoms with Gasteiger partial charge in [0, 0.05) is 29.5 Å². The van der Waals surface area contributed by atoms with Crippen molar-refractivity contribution in [2.45, 2.75) is 50.0 Å². The lowest BCUT2D eigenvalue weighted by atomic mass is 9.69. The molecule has 1 aliphatic heterocycles. The highest BCUT2D eigenvalue weighted by molar-refractivity contribution is 6.30. The van der Waals surface area contributed by atoms with Crippen molar-refractivity contribution in [1.29, 1.82) is 0 Å². The van der Waals surface area contributed by atoms with Crippen molar-refractivity contribution in [3.8, 4) is 5.88 Å². The van der Waals surface area contributed by atoms with E-state index in [-0.39, 0.29) is 5.92 Å². The fourth-order valence-corrected chi connectivity index (χ4v) is 5.46. The molecule has 0 spiro atoms.